The van der Waals surface area contributed by atoms with Crippen LogP contribution in [0.4, 0.5) is 0 Å². The fourth-order valence-electron chi connectivity index (χ4n) is 1.95. The summed E-state index contributed by atoms with van der Waals surface area (Å²) in [5, 5.41) is 0.716. The maximum atomic E-state index is 12.2. The van der Waals surface area contributed by atoms with Gasteiger partial charge in [-0.2, -0.15) is 0 Å². The van der Waals surface area contributed by atoms with Gasteiger partial charge in [-0.15, -0.1) is 0 Å². The molecule has 0 heterocycles. The van der Waals surface area contributed by atoms with Crippen LogP contribution in [-0.4, -0.2) is 22.9 Å². The number of carbonyl (C=O) groups excluding carboxylic acids is 1. The van der Waals surface area contributed by atoms with Crippen LogP contribution in [0, 0.1) is 0 Å². The predicted molar refractivity (Wildman–Crippen MR) is 73.3 cm³/mol. The summed E-state index contributed by atoms with van der Waals surface area (Å²) in [5.74, 6) is 0.0648. The van der Waals surface area contributed by atoms with Gasteiger partial charge in [0.25, 0.3) is 0 Å². The molecule has 0 saturated heterocycles. The van der Waals surface area contributed by atoms with E-state index in [2.05, 4.69) is 0 Å². The first kappa shape index (κ1) is 13.4. The second kappa shape index (κ2) is 5.72. The number of hydrogen-bond acceptors (Lipinski definition) is 2. The minimum Gasteiger partial charge on any atom is -0.334 e. The highest BCUT2D eigenvalue weighted by molar-refractivity contribution is 6.30. The second-order valence-corrected chi connectivity index (χ2v) is 5.27. The Labute approximate surface area is 113 Å². The Bertz CT molecular complexity index is 414. The Morgan fingerprint density at radius 3 is 2.56 bits per heavy atom. The number of halogens is 1. The van der Waals surface area contributed by atoms with Gasteiger partial charge < -0.3 is 10.6 Å². The average molecular weight is 267 g/mol. The molecule has 2 N–H and O–H groups in total. The molecule has 0 aromatic heterocycles. The third-order valence-corrected chi connectivity index (χ3v) is 3.55. The van der Waals surface area contributed by atoms with E-state index >= 15 is 0 Å². The fourth-order valence-corrected chi connectivity index (χ4v) is 2.07. The molecule has 0 spiro atoms. The highest BCUT2D eigenvalue weighted by atomic mass is 35.5. The van der Waals surface area contributed by atoms with Crippen LogP contribution in [0.2, 0.25) is 5.02 Å². The van der Waals surface area contributed by atoms with Gasteiger partial charge in [-0.05, 0) is 37.0 Å². The molecule has 0 unspecified atom stereocenters. The van der Waals surface area contributed by atoms with Crippen LogP contribution < -0.4 is 5.73 Å². The molecule has 0 radical (unpaired) electrons. The molecule has 1 aromatic rings. The molecule has 2 rings (SSSR count). The topological polar surface area (TPSA) is 46.3 Å². The van der Waals surface area contributed by atoms with Crippen LogP contribution in [0.3, 0.4) is 0 Å². The Morgan fingerprint density at radius 2 is 2.06 bits per heavy atom. The smallest absolute Gasteiger partial charge is 0.240 e. The van der Waals surface area contributed by atoms with Gasteiger partial charge in [0.15, 0.2) is 0 Å². The summed E-state index contributed by atoms with van der Waals surface area (Å²) < 4.78 is 0. The van der Waals surface area contributed by atoms with Gasteiger partial charge in [-0.25, -0.2) is 0 Å². The fraction of sp³-hybridized carbons (Fsp3) is 0.500. The van der Waals surface area contributed by atoms with Crippen molar-refractivity contribution >= 4 is 17.5 Å². The molecular weight excluding hydrogens is 248 g/mol. The van der Waals surface area contributed by atoms with Crippen molar-refractivity contribution < 1.29 is 4.79 Å². The molecule has 4 heteroatoms. The third-order valence-electron chi connectivity index (χ3n) is 3.29. The van der Waals surface area contributed by atoms with Gasteiger partial charge >= 0.3 is 0 Å². The van der Waals surface area contributed by atoms with Crippen LogP contribution in [0.1, 0.15) is 31.7 Å². The minimum atomic E-state index is -0.377. The first-order chi connectivity index (χ1) is 8.61. The highest BCUT2D eigenvalue weighted by Crippen LogP contribution is 2.29. The molecule has 0 bridgehead atoms. The van der Waals surface area contributed by atoms with Gasteiger partial charge in [0.2, 0.25) is 5.91 Å². The van der Waals surface area contributed by atoms with Gasteiger partial charge in [-0.1, -0.05) is 30.7 Å². The number of amides is 1. The van der Waals surface area contributed by atoms with Gasteiger partial charge in [-0.3, -0.25) is 4.79 Å². The summed E-state index contributed by atoms with van der Waals surface area (Å²) in [4.78, 5) is 14.1. The van der Waals surface area contributed by atoms with E-state index < -0.39 is 0 Å². The van der Waals surface area contributed by atoms with Crippen molar-refractivity contribution in [3.63, 3.8) is 0 Å². The molecule has 0 aliphatic heterocycles. The van der Waals surface area contributed by atoms with Crippen LogP contribution in [-0.2, 0) is 11.3 Å². The van der Waals surface area contributed by atoms with E-state index in [-0.39, 0.29) is 11.9 Å². The Morgan fingerprint density at radius 1 is 1.44 bits per heavy atom. The zero-order valence-corrected chi connectivity index (χ0v) is 11.4. The van der Waals surface area contributed by atoms with Crippen molar-refractivity contribution in [3.8, 4) is 0 Å². The van der Waals surface area contributed by atoms with Crippen molar-refractivity contribution in [1.82, 2.24) is 4.90 Å². The summed E-state index contributed by atoms with van der Waals surface area (Å²) in [6.07, 6.45) is 2.87. The van der Waals surface area contributed by atoms with Gasteiger partial charge in [0.1, 0.15) is 0 Å². The quantitative estimate of drug-likeness (QED) is 0.890. The molecule has 1 aliphatic carbocycles. The summed E-state index contributed by atoms with van der Waals surface area (Å²) in [6, 6.07) is 7.63. The van der Waals surface area contributed by atoms with E-state index in [1.165, 1.54) is 0 Å². The first-order valence-corrected chi connectivity index (χ1v) is 6.80. The molecule has 1 aliphatic rings. The van der Waals surface area contributed by atoms with Crippen LogP contribution >= 0.6 is 11.6 Å². The maximum Gasteiger partial charge on any atom is 0.240 e. The number of nitrogens with two attached hydrogens (primary N) is 1. The Kier molecular flexibility index (Phi) is 4.25. The maximum absolute atomic E-state index is 12.2. The van der Waals surface area contributed by atoms with Gasteiger partial charge in [0, 0.05) is 17.6 Å². The average Bonchev–Trinajstić information content (AvgIpc) is 3.20. The van der Waals surface area contributed by atoms with Crippen molar-refractivity contribution in [3.05, 3.63) is 34.9 Å². The molecule has 18 heavy (non-hydrogen) atoms. The first-order valence-electron chi connectivity index (χ1n) is 6.42. The largest absolute Gasteiger partial charge is 0.334 e. The monoisotopic (exact) mass is 266 g/mol. The van der Waals surface area contributed by atoms with E-state index in [0.717, 1.165) is 18.4 Å². The van der Waals surface area contributed by atoms with E-state index in [4.69, 9.17) is 17.3 Å². The summed E-state index contributed by atoms with van der Waals surface area (Å²) in [6.45, 7) is 2.57. The zero-order valence-electron chi connectivity index (χ0n) is 10.6. The molecule has 1 saturated carbocycles. The number of benzene rings is 1. The lowest BCUT2D eigenvalue weighted by molar-refractivity contribution is -0.133. The molecular formula is C14H19ClN2O. The number of hydrogen-bond donors (Lipinski definition) is 1. The Balaban J connectivity index is 2.06. The van der Waals surface area contributed by atoms with Gasteiger partial charge in [0.05, 0.1) is 6.04 Å². The number of carbonyl (C=O) groups is 1. The standard InChI is InChI=1S/C14H19ClN2O/c1-2-13(16)14(18)17(12-7-8-12)9-10-3-5-11(15)6-4-10/h3-6,12-13H,2,7-9,16H2,1H3/t13-/m0/s1. The van der Waals surface area contributed by atoms with Crippen molar-refractivity contribution in [1.29, 1.82) is 0 Å². The lowest BCUT2D eigenvalue weighted by Gasteiger charge is -2.25. The molecule has 1 aromatic carbocycles. The van der Waals surface area contributed by atoms with E-state index in [0.29, 0.717) is 24.0 Å². The van der Waals surface area contributed by atoms with E-state index in [1.54, 1.807) is 0 Å². The summed E-state index contributed by atoms with van der Waals surface area (Å²) in [7, 11) is 0. The lowest BCUT2D eigenvalue weighted by atomic mass is 10.1. The van der Waals surface area contributed by atoms with Crippen molar-refractivity contribution in [2.24, 2.45) is 5.73 Å². The Hall–Kier alpha value is -1.06. The van der Waals surface area contributed by atoms with Crippen molar-refractivity contribution in [2.45, 2.75) is 44.8 Å². The molecule has 1 fully saturated rings. The molecule has 98 valence electrons. The van der Waals surface area contributed by atoms with Crippen LogP contribution in [0.25, 0.3) is 0 Å². The van der Waals surface area contributed by atoms with Crippen LogP contribution in [0.15, 0.2) is 24.3 Å². The van der Waals surface area contributed by atoms with E-state index in [9.17, 15) is 4.79 Å². The van der Waals surface area contributed by atoms with E-state index in [1.807, 2.05) is 36.1 Å². The number of nitrogens with zero attached hydrogens (tertiary/aromatic N) is 1. The lowest BCUT2D eigenvalue weighted by Crippen LogP contribution is -2.44. The normalized spacial score (nSPS) is 16.4. The molecule has 3 nitrogen and oxygen atoms in total. The number of rotatable bonds is 5. The second-order valence-electron chi connectivity index (χ2n) is 4.84. The summed E-state index contributed by atoms with van der Waals surface area (Å²) in [5.41, 5.74) is 6.95. The third kappa shape index (κ3) is 3.24. The van der Waals surface area contributed by atoms with Crippen LogP contribution in [0.5, 0.6) is 0 Å². The molecule has 1 amide bonds. The summed E-state index contributed by atoms with van der Waals surface area (Å²) >= 11 is 5.86. The zero-order chi connectivity index (χ0) is 13.1. The SMILES string of the molecule is CC[C@H](N)C(=O)N(Cc1ccc(Cl)cc1)C1CC1. The highest BCUT2D eigenvalue weighted by Gasteiger charge is 2.34. The molecule has 1 atom stereocenters. The predicted octanol–water partition coefficient (Wildman–Crippen LogP) is 2.57. The minimum absolute atomic E-state index is 0.0648. The van der Waals surface area contributed by atoms with Crippen molar-refractivity contribution in [2.75, 3.05) is 0 Å².